The molecular weight excluding hydrogens is 336 g/mol. The highest BCUT2D eigenvalue weighted by atomic mass is 16.1. The van der Waals surface area contributed by atoms with E-state index in [4.69, 9.17) is 0 Å². The Morgan fingerprint density at radius 2 is 1.56 bits per heavy atom. The van der Waals surface area contributed by atoms with E-state index in [0.29, 0.717) is 0 Å². The zero-order chi connectivity index (χ0) is 18.5. The molecule has 0 unspecified atom stereocenters. The van der Waals surface area contributed by atoms with Crippen LogP contribution in [0.2, 0.25) is 0 Å². The van der Waals surface area contributed by atoms with Crippen molar-refractivity contribution in [2.75, 3.05) is 23.3 Å². The van der Waals surface area contributed by atoms with Gasteiger partial charge in [-0.2, -0.15) is 0 Å². The van der Waals surface area contributed by atoms with Crippen molar-refractivity contribution in [2.24, 2.45) is 5.92 Å². The standard InChI is InChI=1S/C22H28N4O/c27-22(18-7-3-4-8-18)23-19-11-9-17(10-12-19)20-13-14-21(25-24-20)26-15-5-1-2-6-16-26/h9-14,18H,1-8,15-16H2,(H,23,27). The van der Waals surface area contributed by atoms with Gasteiger partial charge in [-0.3, -0.25) is 4.79 Å². The topological polar surface area (TPSA) is 58.1 Å². The van der Waals surface area contributed by atoms with Gasteiger partial charge in [0.25, 0.3) is 0 Å². The van der Waals surface area contributed by atoms with Gasteiger partial charge in [-0.25, -0.2) is 0 Å². The molecule has 1 saturated carbocycles. The van der Waals surface area contributed by atoms with E-state index < -0.39 is 0 Å². The van der Waals surface area contributed by atoms with Crippen molar-refractivity contribution in [3.05, 3.63) is 36.4 Å². The molecule has 1 N–H and O–H groups in total. The highest BCUT2D eigenvalue weighted by Gasteiger charge is 2.22. The Morgan fingerprint density at radius 1 is 0.852 bits per heavy atom. The molecule has 1 amide bonds. The van der Waals surface area contributed by atoms with E-state index in [1.807, 2.05) is 30.3 Å². The smallest absolute Gasteiger partial charge is 0.227 e. The number of carbonyl (C=O) groups is 1. The molecule has 0 spiro atoms. The lowest BCUT2D eigenvalue weighted by Crippen LogP contribution is -2.25. The quantitative estimate of drug-likeness (QED) is 0.858. The Labute approximate surface area is 161 Å². The highest BCUT2D eigenvalue weighted by molar-refractivity contribution is 5.92. The van der Waals surface area contributed by atoms with Gasteiger partial charge in [0.2, 0.25) is 5.91 Å². The van der Waals surface area contributed by atoms with E-state index >= 15 is 0 Å². The number of amides is 1. The zero-order valence-electron chi connectivity index (χ0n) is 15.9. The number of hydrogen-bond donors (Lipinski definition) is 1. The second-order valence-electron chi connectivity index (χ2n) is 7.73. The Hall–Kier alpha value is -2.43. The molecule has 2 aliphatic rings. The lowest BCUT2D eigenvalue weighted by Gasteiger charge is -2.20. The maximum Gasteiger partial charge on any atom is 0.227 e. The maximum atomic E-state index is 12.2. The summed E-state index contributed by atoms with van der Waals surface area (Å²) in [6, 6.07) is 12.0. The highest BCUT2D eigenvalue weighted by Crippen LogP contribution is 2.27. The van der Waals surface area contributed by atoms with Crippen molar-refractivity contribution in [2.45, 2.75) is 51.4 Å². The van der Waals surface area contributed by atoms with E-state index in [-0.39, 0.29) is 11.8 Å². The summed E-state index contributed by atoms with van der Waals surface area (Å²) in [5.74, 6) is 1.31. The van der Waals surface area contributed by atoms with Crippen molar-refractivity contribution < 1.29 is 4.79 Å². The molecular formula is C22H28N4O. The molecule has 1 aromatic carbocycles. The van der Waals surface area contributed by atoms with Crippen LogP contribution in [0.3, 0.4) is 0 Å². The summed E-state index contributed by atoms with van der Waals surface area (Å²) in [6.07, 6.45) is 9.46. The molecule has 5 nitrogen and oxygen atoms in total. The van der Waals surface area contributed by atoms with Gasteiger partial charge in [0, 0.05) is 30.3 Å². The normalized spacial score (nSPS) is 18.3. The first-order valence-electron chi connectivity index (χ1n) is 10.3. The van der Waals surface area contributed by atoms with E-state index in [1.165, 1.54) is 38.5 Å². The van der Waals surface area contributed by atoms with Crippen LogP contribution in [-0.2, 0) is 4.79 Å². The molecule has 4 rings (SSSR count). The summed E-state index contributed by atoms with van der Waals surface area (Å²) in [5.41, 5.74) is 2.73. The third kappa shape index (κ3) is 4.46. The molecule has 1 aromatic heterocycles. The first-order valence-corrected chi connectivity index (χ1v) is 10.3. The van der Waals surface area contributed by atoms with Crippen molar-refractivity contribution in [3.8, 4) is 11.3 Å². The molecule has 142 valence electrons. The fourth-order valence-corrected chi connectivity index (χ4v) is 4.10. The SMILES string of the molecule is O=C(Nc1ccc(-c2ccc(N3CCCCCC3)nn2)cc1)C1CCCC1. The number of nitrogens with zero attached hydrogens (tertiary/aromatic N) is 3. The second-order valence-corrected chi connectivity index (χ2v) is 7.73. The van der Waals surface area contributed by atoms with E-state index in [0.717, 1.165) is 48.7 Å². The summed E-state index contributed by atoms with van der Waals surface area (Å²) in [6.45, 7) is 2.15. The van der Waals surface area contributed by atoms with Gasteiger partial charge in [-0.15, -0.1) is 10.2 Å². The monoisotopic (exact) mass is 364 g/mol. The van der Waals surface area contributed by atoms with Crippen molar-refractivity contribution in [1.82, 2.24) is 10.2 Å². The lowest BCUT2D eigenvalue weighted by atomic mass is 10.1. The number of benzene rings is 1. The van der Waals surface area contributed by atoms with Gasteiger partial charge in [0.15, 0.2) is 5.82 Å². The summed E-state index contributed by atoms with van der Waals surface area (Å²) >= 11 is 0. The molecule has 1 aliphatic heterocycles. The number of hydrogen-bond acceptors (Lipinski definition) is 4. The minimum Gasteiger partial charge on any atom is -0.355 e. The van der Waals surface area contributed by atoms with Gasteiger partial charge >= 0.3 is 0 Å². The average molecular weight is 364 g/mol. The minimum absolute atomic E-state index is 0.154. The molecule has 2 aromatic rings. The Balaban J connectivity index is 1.40. The molecule has 1 saturated heterocycles. The summed E-state index contributed by atoms with van der Waals surface area (Å²) in [5, 5.41) is 11.9. The summed E-state index contributed by atoms with van der Waals surface area (Å²) in [4.78, 5) is 14.6. The molecule has 0 radical (unpaired) electrons. The molecule has 2 heterocycles. The average Bonchev–Trinajstić information content (AvgIpc) is 3.12. The number of anilines is 2. The molecule has 2 fully saturated rings. The number of aromatic nitrogens is 2. The third-order valence-corrected chi connectivity index (χ3v) is 5.75. The molecule has 1 aliphatic carbocycles. The fourth-order valence-electron chi connectivity index (χ4n) is 4.10. The van der Waals surface area contributed by atoms with Gasteiger partial charge in [0.05, 0.1) is 5.69 Å². The first kappa shape index (κ1) is 18.0. The largest absolute Gasteiger partial charge is 0.355 e. The van der Waals surface area contributed by atoms with Crippen molar-refractivity contribution >= 4 is 17.4 Å². The van der Waals surface area contributed by atoms with Crippen LogP contribution in [0.4, 0.5) is 11.5 Å². The van der Waals surface area contributed by atoms with Crippen molar-refractivity contribution in [3.63, 3.8) is 0 Å². The molecule has 27 heavy (non-hydrogen) atoms. The molecule has 0 bridgehead atoms. The van der Waals surface area contributed by atoms with E-state index in [9.17, 15) is 4.79 Å². The van der Waals surface area contributed by atoms with Crippen LogP contribution in [-0.4, -0.2) is 29.2 Å². The van der Waals surface area contributed by atoms with Crippen LogP contribution >= 0.6 is 0 Å². The Bertz CT molecular complexity index is 743. The zero-order valence-corrected chi connectivity index (χ0v) is 15.9. The van der Waals surface area contributed by atoms with Gasteiger partial charge in [-0.05, 0) is 49.9 Å². The molecule has 0 atom stereocenters. The number of carbonyl (C=O) groups excluding carboxylic acids is 1. The van der Waals surface area contributed by atoms with E-state index in [1.54, 1.807) is 0 Å². The number of rotatable bonds is 4. The maximum absolute atomic E-state index is 12.2. The Morgan fingerprint density at radius 3 is 2.19 bits per heavy atom. The van der Waals surface area contributed by atoms with Crippen LogP contribution in [0.1, 0.15) is 51.4 Å². The predicted molar refractivity (Wildman–Crippen MR) is 109 cm³/mol. The Kier molecular flexibility index (Phi) is 5.66. The van der Waals surface area contributed by atoms with Crippen LogP contribution in [0, 0.1) is 5.92 Å². The second kappa shape index (κ2) is 8.51. The summed E-state index contributed by atoms with van der Waals surface area (Å²) < 4.78 is 0. The number of nitrogens with one attached hydrogen (secondary N) is 1. The van der Waals surface area contributed by atoms with Gasteiger partial charge in [-0.1, -0.05) is 37.8 Å². The third-order valence-electron chi connectivity index (χ3n) is 5.75. The van der Waals surface area contributed by atoms with Crippen LogP contribution in [0.15, 0.2) is 36.4 Å². The lowest BCUT2D eigenvalue weighted by molar-refractivity contribution is -0.119. The minimum atomic E-state index is 0.154. The van der Waals surface area contributed by atoms with Crippen molar-refractivity contribution in [1.29, 1.82) is 0 Å². The van der Waals surface area contributed by atoms with Crippen LogP contribution < -0.4 is 10.2 Å². The van der Waals surface area contributed by atoms with Gasteiger partial charge < -0.3 is 10.2 Å². The first-order chi connectivity index (χ1) is 13.3. The van der Waals surface area contributed by atoms with Crippen LogP contribution in [0.5, 0.6) is 0 Å². The predicted octanol–water partition coefficient (Wildman–Crippen LogP) is 4.65. The van der Waals surface area contributed by atoms with Gasteiger partial charge in [0.1, 0.15) is 0 Å². The fraction of sp³-hybridized carbons (Fsp3) is 0.500. The van der Waals surface area contributed by atoms with E-state index in [2.05, 4.69) is 26.5 Å². The summed E-state index contributed by atoms with van der Waals surface area (Å²) in [7, 11) is 0. The van der Waals surface area contributed by atoms with Crippen LogP contribution in [0.25, 0.3) is 11.3 Å². The molecule has 5 heteroatoms.